The van der Waals surface area contributed by atoms with E-state index < -0.39 is 0 Å². The van der Waals surface area contributed by atoms with Crippen LogP contribution in [0, 0.1) is 0 Å². The normalized spacial score (nSPS) is 10.1. The first-order valence-electron chi connectivity index (χ1n) is 4.70. The van der Waals surface area contributed by atoms with Gasteiger partial charge in [-0.1, -0.05) is 22.9 Å². The molecule has 0 heterocycles. The average Bonchev–Trinajstić information content (AvgIpc) is 2.27. The lowest BCUT2D eigenvalue weighted by Gasteiger charge is -2.07. The van der Waals surface area contributed by atoms with Gasteiger partial charge in [0.1, 0.15) is 5.75 Å². The topological polar surface area (TPSA) is 26.3 Å². The summed E-state index contributed by atoms with van der Waals surface area (Å²) in [7, 11) is 0. The van der Waals surface area contributed by atoms with Gasteiger partial charge in [0, 0.05) is 10.0 Å². The average molecular weight is 292 g/mol. The summed E-state index contributed by atoms with van der Waals surface area (Å²) in [4.78, 5) is 11.4. The number of halogens is 2. The van der Waals surface area contributed by atoms with Crippen LogP contribution in [0.1, 0.15) is 23.7 Å². The highest BCUT2D eigenvalue weighted by Gasteiger charge is 2.09. The minimum atomic E-state index is -0.106. The summed E-state index contributed by atoms with van der Waals surface area (Å²) in [6, 6.07) is 5.33. The zero-order valence-corrected chi connectivity index (χ0v) is 10.8. The van der Waals surface area contributed by atoms with Crippen LogP contribution in [0.5, 0.6) is 5.75 Å². The number of ether oxygens (including phenoxy) is 1. The molecule has 0 fully saturated rings. The molecule has 0 N–H and O–H groups in total. The second-order valence-electron chi connectivity index (χ2n) is 3.05. The van der Waals surface area contributed by atoms with Crippen LogP contribution in [0.3, 0.4) is 0 Å². The number of alkyl halides is 1. The van der Waals surface area contributed by atoms with Gasteiger partial charge in [-0.2, -0.15) is 0 Å². The van der Waals surface area contributed by atoms with Gasteiger partial charge in [-0.25, -0.2) is 0 Å². The van der Waals surface area contributed by atoms with Crippen molar-refractivity contribution in [2.75, 3.05) is 12.5 Å². The number of hydrogen-bond donors (Lipinski definition) is 0. The molecule has 0 saturated heterocycles. The van der Waals surface area contributed by atoms with Crippen LogP contribution in [0.4, 0.5) is 0 Å². The molecule has 0 atom stereocenters. The molecule has 4 heteroatoms. The van der Waals surface area contributed by atoms with E-state index in [4.69, 9.17) is 16.3 Å². The van der Waals surface area contributed by atoms with Gasteiger partial charge in [-0.05, 0) is 24.6 Å². The van der Waals surface area contributed by atoms with Crippen LogP contribution in [0.15, 0.2) is 22.7 Å². The molecule has 0 saturated carbocycles. The van der Waals surface area contributed by atoms with Crippen molar-refractivity contribution in [2.24, 2.45) is 0 Å². The molecule has 1 rings (SSSR count). The Morgan fingerprint density at radius 2 is 2.27 bits per heavy atom. The monoisotopic (exact) mass is 290 g/mol. The van der Waals surface area contributed by atoms with Crippen molar-refractivity contribution in [1.82, 2.24) is 0 Å². The fraction of sp³-hybridized carbons (Fsp3) is 0.364. The quantitative estimate of drug-likeness (QED) is 0.611. The van der Waals surface area contributed by atoms with Crippen LogP contribution in [-0.4, -0.2) is 18.3 Å². The Morgan fingerprint density at radius 3 is 2.87 bits per heavy atom. The number of benzene rings is 1. The first-order chi connectivity index (χ1) is 7.19. The molecule has 0 unspecified atom stereocenters. The van der Waals surface area contributed by atoms with Gasteiger partial charge >= 0.3 is 0 Å². The molecular formula is C11H12BrClO2. The van der Waals surface area contributed by atoms with E-state index in [-0.39, 0.29) is 11.7 Å². The minimum Gasteiger partial charge on any atom is -0.494 e. The zero-order valence-electron chi connectivity index (χ0n) is 8.43. The summed E-state index contributed by atoms with van der Waals surface area (Å²) in [6.07, 6.45) is 0.939. The molecule has 0 aliphatic carbocycles. The Balaban J connectivity index is 2.89. The molecule has 0 aromatic heterocycles. The van der Waals surface area contributed by atoms with Crippen molar-refractivity contribution in [3.8, 4) is 5.75 Å². The third kappa shape index (κ3) is 3.50. The fourth-order valence-electron chi connectivity index (χ4n) is 1.10. The van der Waals surface area contributed by atoms with E-state index >= 15 is 0 Å². The number of carbonyl (C=O) groups is 1. The molecule has 0 spiro atoms. The smallest absolute Gasteiger partial charge is 0.178 e. The molecule has 1 aromatic carbocycles. The molecule has 0 radical (unpaired) electrons. The van der Waals surface area contributed by atoms with E-state index in [1.54, 1.807) is 12.1 Å². The highest BCUT2D eigenvalue weighted by molar-refractivity contribution is 9.10. The molecule has 82 valence electrons. The highest BCUT2D eigenvalue weighted by Crippen LogP contribution is 2.23. The molecular weight excluding hydrogens is 279 g/mol. The largest absolute Gasteiger partial charge is 0.494 e. The number of Topliss-reactive ketones (excluding diaryl/α,β-unsaturated/α-hetero) is 1. The molecule has 2 nitrogen and oxygen atoms in total. The van der Waals surface area contributed by atoms with E-state index in [0.29, 0.717) is 17.9 Å². The zero-order chi connectivity index (χ0) is 11.3. The van der Waals surface area contributed by atoms with Crippen LogP contribution >= 0.6 is 27.5 Å². The second-order valence-corrected chi connectivity index (χ2v) is 4.17. The summed E-state index contributed by atoms with van der Waals surface area (Å²) < 4.78 is 6.18. The van der Waals surface area contributed by atoms with Crippen molar-refractivity contribution in [2.45, 2.75) is 13.3 Å². The predicted octanol–water partition coefficient (Wildman–Crippen LogP) is 3.66. The summed E-state index contributed by atoms with van der Waals surface area (Å²) in [5.74, 6) is 0.578. The van der Waals surface area contributed by atoms with Gasteiger partial charge in [0.15, 0.2) is 5.78 Å². The van der Waals surface area contributed by atoms with E-state index in [1.165, 1.54) is 0 Å². The lowest BCUT2D eigenvalue weighted by molar-refractivity contribution is 0.102. The lowest BCUT2D eigenvalue weighted by Crippen LogP contribution is -2.03. The van der Waals surface area contributed by atoms with Crippen LogP contribution in [0.25, 0.3) is 0 Å². The number of carbonyl (C=O) groups excluding carboxylic acids is 1. The van der Waals surface area contributed by atoms with Crippen LogP contribution in [-0.2, 0) is 0 Å². The number of rotatable bonds is 5. The molecule has 0 aliphatic rings. The van der Waals surface area contributed by atoms with Crippen molar-refractivity contribution >= 4 is 33.3 Å². The Bertz CT molecular complexity index is 352. The van der Waals surface area contributed by atoms with Gasteiger partial charge in [-0.3, -0.25) is 4.79 Å². The molecule has 0 amide bonds. The maximum atomic E-state index is 11.4. The third-order valence-corrected chi connectivity index (χ3v) is 2.77. The predicted molar refractivity (Wildman–Crippen MR) is 65.0 cm³/mol. The van der Waals surface area contributed by atoms with Gasteiger partial charge in [0.05, 0.1) is 12.5 Å². The number of ketones is 1. The Morgan fingerprint density at radius 1 is 1.53 bits per heavy atom. The molecule has 1 aromatic rings. The van der Waals surface area contributed by atoms with E-state index in [1.807, 2.05) is 13.0 Å². The maximum Gasteiger partial charge on any atom is 0.178 e. The van der Waals surface area contributed by atoms with E-state index in [2.05, 4.69) is 15.9 Å². The van der Waals surface area contributed by atoms with E-state index in [9.17, 15) is 4.79 Å². The standard InChI is InChI=1S/C11H12BrClO2/c1-2-5-15-8-3-4-10(12)9(6-8)11(14)7-13/h3-4,6H,2,5,7H2,1H3. The van der Waals surface area contributed by atoms with E-state index in [0.717, 1.165) is 10.9 Å². The third-order valence-electron chi connectivity index (χ3n) is 1.83. The summed E-state index contributed by atoms with van der Waals surface area (Å²) >= 11 is 8.81. The molecule has 0 aliphatic heterocycles. The Labute approximate surface area is 103 Å². The van der Waals surface area contributed by atoms with Gasteiger partial charge in [0.2, 0.25) is 0 Å². The maximum absolute atomic E-state index is 11.4. The van der Waals surface area contributed by atoms with Gasteiger partial charge < -0.3 is 4.74 Å². The van der Waals surface area contributed by atoms with Gasteiger partial charge in [-0.15, -0.1) is 11.6 Å². The minimum absolute atomic E-state index is 0.0180. The summed E-state index contributed by atoms with van der Waals surface area (Å²) in [6.45, 7) is 2.68. The SMILES string of the molecule is CCCOc1ccc(Br)c(C(=O)CCl)c1. The number of hydrogen-bond acceptors (Lipinski definition) is 2. The van der Waals surface area contributed by atoms with Crippen molar-refractivity contribution in [3.05, 3.63) is 28.2 Å². The van der Waals surface area contributed by atoms with Gasteiger partial charge in [0.25, 0.3) is 0 Å². The molecule has 0 bridgehead atoms. The second kappa shape index (κ2) is 6.13. The Hall–Kier alpha value is -0.540. The van der Waals surface area contributed by atoms with Crippen molar-refractivity contribution < 1.29 is 9.53 Å². The Kier molecular flexibility index (Phi) is 5.12. The van der Waals surface area contributed by atoms with Crippen LogP contribution < -0.4 is 4.74 Å². The molecule has 15 heavy (non-hydrogen) atoms. The van der Waals surface area contributed by atoms with Crippen LogP contribution in [0.2, 0.25) is 0 Å². The lowest BCUT2D eigenvalue weighted by atomic mass is 10.1. The first kappa shape index (κ1) is 12.5. The highest BCUT2D eigenvalue weighted by atomic mass is 79.9. The summed E-state index contributed by atoms with van der Waals surface area (Å²) in [5.41, 5.74) is 0.568. The first-order valence-corrected chi connectivity index (χ1v) is 6.03. The fourth-order valence-corrected chi connectivity index (χ4v) is 1.71. The summed E-state index contributed by atoms with van der Waals surface area (Å²) in [5, 5.41) is 0. The van der Waals surface area contributed by atoms with Crippen molar-refractivity contribution in [1.29, 1.82) is 0 Å². The van der Waals surface area contributed by atoms with Crippen molar-refractivity contribution in [3.63, 3.8) is 0 Å².